The Labute approximate surface area is 115 Å². The lowest BCUT2D eigenvalue weighted by Crippen LogP contribution is -2.03. The maximum atomic E-state index is 10.4. The number of rotatable bonds is 3. The van der Waals surface area contributed by atoms with Gasteiger partial charge in [0.05, 0.1) is 17.8 Å². The first kappa shape index (κ1) is 13.2. The third kappa shape index (κ3) is 2.31. The highest BCUT2D eigenvalue weighted by molar-refractivity contribution is 9.10. The maximum absolute atomic E-state index is 10.4. The molecule has 0 bridgehead atoms. The van der Waals surface area contributed by atoms with E-state index in [2.05, 4.69) is 15.9 Å². The van der Waals surface area contributed by atoms with Gasteiger partial charge in [-0.05, 0) is 64.7 Å². The summed E-state index contributed by atoms with van der Waals surface area (Å²) < 4.78 is 11.3. The minimum atomic E-state index is -0.779. The van der Waals surface area contributed by atoms with E-state index in [-0.39, 0.29) is 0 Å². The van der Waals surface area contributed by atoms with E-state index in [1.807, 2.05) is 26.0 Å². The molecular weight excluding hydrogens is 296 g/mol. The minimum absolute atomic E-state index is 0.516. The summed E-state index contributed by atoms with van der Waals surface area (Å²) in [4.78, 5) is 0. The second kappa shape index (κ2) is 5.16. The number of halogens is 1. The van der Waals surface area contributed by atoms with Gasteiger partial charge in [0.25, 0.3) is 0 Å². The summed E-state index contributed by atoms with van der Waals surface area (Å²) in [6.07, 6.45) is 0.771. The summed E-state index contributed by atoms with van der Waals surface area (Å²) in [6.45, 7) is 3.89. The van der Waals surface area contributed by atoms with Gasteiger partial charge in [0.1, 0.15) is 11.9 Å². The summed E-state index contributed by atoms with van der Waals surface area (Å²) in [5.41, 5.74) is 2.78. The van der Waals surface area contributed by atoms with Crippen molar-refractivity contribution in [2.24, 2.45) is 0 Å². The molecule has 3 nitrogen and oxygen atoms in total. The van der Waals surface area contributed by atoms with Crippen LogP contribution in [0.4, 0.5) is 0 Å². The normalized spacial score (nSPS) is 12.5. The highest BCUT2D eigenvalue weighted by atomic mass is 79.9. The van der Waals surface area contributed by atoms with Crippen molar-refractivity contribution in [3.63, 3.8) is 0 Å². The molecule has 18 heavy (non-hydrogen) atoms. The highest BCUT2D eigenvalue weighted by Crippen LogP contribution is 2.33. The predicted molar refractivity (Wildman–Crippen MR) is 72.9 cm³/mol. The SMILES string of the molecule is COc1cc(C)c(C(O)c2occc2Br)cc1C. The Bertz CT molecular complexity index is 560. The predicted octanol–water partition coefficient (Wildman–Crippen LogP) is 3.75. The number of furan rings is 1. The van der Waals surface area contributed by atoms with Gasteiger partial charge in [0, 0.05) is 0 Å². The Morgan fingerprint density at radius 2 is 2.00 bits per heavy atom. The molecule has 0 spiro atoms. The summed E-state index contributed by atoms with van der Waals surface area (Å²) >= 11 is 3.36. The van der Waals surface area contributed by atoms with Crippen LogP contribution < -0.4 is 4.74 Å². The Hall–Kier alpha value is -1.26. The number of hydrogen-bond donors (Lipinski definition) is 1. The molecule has 2 aromatic rings. The molecule has 0 saturated carbocycles. The molecular formula is C14H15BrO3. The van der Waals surface area contributed by atoms with Crippen molar-refractivity contribution < 1.29 is 14.3 Å². The van der Waals surface area contributed by atoms with Crippen LogP contribution in [0.25, 0.3) is 0 Å². The number of aliphatic hydroxyl groups is 1. The maximum Gasteiger partial charge on any atom is 0.150 e. The van der Waals surface area contributed by atoms with Gasteiger partial charge < -0.3 is 14.3 Å². The summed E-state index contributed by atoms with van der Waals surface area (Å²) in [7, 11) is 1.64. The lowest BCUT2D eigenvalue weighted by atomic mass is 9.98. The van der Waals surface area contributed by atoms with Gasteiger partial charge in [0.15, 0.2) is 5.76 Å². The zero-order valence-electron chi connectivity index (χ0n) is 10.5. The zero-order valence-corrected chi connectivity index (χ0v) is 12.1. The Kier molecular flexibility index (Phi) is 3.78. The molecule has 1 N–H and O–H groups in total. The quantitative estimate of drug-likeness (QED) is 0.939. The largest absolute Gasteiger partial charge is 0.496 e. The molecule has 1 aromatic carbocycles. The van der Waals surface area contributed by atoms with Gasteiger partial charge in [-0.15, -0.1) is 0 Å². The number of aliphatic hydroxyl groups excluding tert-OH is 1. The van der Waals surface area contributed by atoms with Crippen LogP contribution in [0.15, 0.2) is 33.4 Å². The third-order valence-corrected chi connectivity index (χ3v) is 3.63. The van der Waals surface area contributed by atoms with E-state index >= 15 is 0 Å². The van der Waals surface area contributed by atoms with E-state index in [1.54, 1.807) is 19.4 Å². The molecule has 1 atom stereocenters. The minimum Gasteiger partial charge on any atom is -0.496 e. The molecule has 0 aliphatic heterocycles. The topological polar surface area (TPSA) is 42.6 Å². The number of ether oxygens (including phenoxy) is 1. The van der Waals surface area contributed by atoms with E-state index in [1.165, 1.54) is 0 Å². The number of methoxy groups -OCH3 is 1. The fourth-order valence-corrected chi connectivity index (χ4v) is 2.39. The molecule has 1 unspecified atom stereocenters. The van der Waals surface area contributed by atoms with Crippen LogP contribution in [0.1, 0.15) is 28.6 Å². The summed E-state index contributed by atoms with van der Waals surface area (Å²) in [5.74, 6) is 1.34. The molecule has 0 aliphatic carbocycles. The second-order valence-electron chi connectivity index (χ2n) is 4.21. The van der Waals surface area contributed by atoms with Crippen molar-refractivity contribution in [3.05, 3.63) is 51.4 Å². The second-order valence-corrected chi connectivity index (χ2v) is 5.07. The van der Waals surface area contributed by atoms with Crippen molar-refractivity contribution in [2.75, 3.05) is 7.11 Å². The smallest absolute Gasteiger partial charge is 0.150 e. The van der Waals surface area contributed by atoms with Crippen molar-refractivity contribution in [1.82, 2.24) is 0 Å². The molecule has 2 rings (SSSR count). The van der Waals surface area contributed by atoms with Crippen LogP contribution in [-0.2, 0) is 0 Å². The van der Waals surface area contributed by atoms with E-state index in [9.17, 15) is 5.11 Å². The van der Waals surface area contributed by atoms with Crippen LogP contribution in [0.2, 0.25) is 0 Å². The van der Waals surface area contributed by atoms with Crippen LogP contribution in [0, 0.1) is 13.8 Å². The van der Waals surface area contributed by atoms with Crippen molar-refractivity contribution in [2.45, 2.75) is 20.0 Å². The van der Waals surface area contributed by atoms with Crippen molar-refractivity contribution >= 4 is 15.9 Å². The molecule has 0 saturated heterocycles. The highest BCUT2D eigenvalue weighted by Gasteiger charge is 2.20. The van der Waals surface area contributed by atoms with Gasteiger partial charge in [-0.3, -0.25) is 0 Å². The molecule has 0 radical (unpaired) electrons. The summed E-state index contributed by atoms with van der Waals surface area (Å²) in [5, 5.41) is 10.4. The molecule has 96 valence electrons. The van der Waals surface area contributed by atoms with Gasteiger partial charge in [-0.1, -0.05) is 0 Å². The molecule has 4 heteroatoms. The van der Waals surface area contributed by atoms with E-state index < -0.39 is 6.10 Å². The van der Waals surface area contributed by atoms with E-state index in [0.717, 1.165) is 26.9 Å². The van der Waals surface area contributed by atoms with Crippen LogP contribution >= 0.6 is 15.9 Å². The van der Waals surface area contributed by atoms with Crippen LogP contribution in [-0.4, -0.2) is 12.2 Å². The van der Waals surface area contributed by atoms with E-state index in [4.69, 9.17) is 9.15 Å². The zero-order chi connectivity index (χ0) is 13.3. The lowest BCUT2D eigenvalue weighted by molar-refractivity contribution is 0.187. The van der Waals surface area contributed by atoms with Gasteiger partial charge in [-0.25, -0.2) is 0 Å². The number of benzene rings is 1. The lowest BCUT2D eigenvalue weighted by Gasteiger charge is -2.15. The van der Waals surface area contributed by atoms with Gasteiger partial charge in [-0.2, -0.15) is 0 Å². The molecule has 0 aliphatic rings. The monoisotopic (exact) mass is 310 g/mol. The fraction of sp³-hybridized carbons (Fsp3) is 0.286. The van der Waals surface area contributed by atoms with Gasteiger partial charge in [0.2, 0.25) is 0 Å². The Balaban J connectivity index is 2.46. The molecule has 0 amide bonds. The third-order valence-electron chi connectivity index (χ3n) is 2.97. The van der Waals surface area contributed by atoms with Gasteiger partial charge >= 0.3 is 0 Å². The standard InChI is InChI=1S/C14H15BrO3/c1-8-7-12(17-3)9(2)6-10(8)13(16)14-11(15)4-5-18-14/h4-7,13,16H,1-3H3. The first-order valence-electron chi connectivity index (χ1n) is 5.60. The first-order valence-corrected chi connectivity index (χ1v) is 6.40. The van der Waals surface area contributed by atoms with Crippen LogP contribution in [0.5, 0.6) is 5.75 Å². The number of hydrogen-bond acceptors (Lipinski definition) is 3. The van der Waals surface area contributed by atoms with Crippen molar-refractivity contribution in [3.8, 4) is 5.75 Å². The molecule has 1 heterocycles. The van der Waals surface area contributed by atoms with Crippen LogP contribution in [0.3, 0.4) is 0 Å². The molecule has 1 aromatic heterocycles. The first-order chi connectivity index (χ1) is 8.54. The Morgan fingerprint density at radius 1 is 1.28 bits per heavy atom. The number of aryl methyl sites for hydroxylation is 2. The summed E-state index contributed by atoms with van der Waals surface area (Å²) in [6, 6.07) is 5.61. The fourth-order valence-electron chi connectivity index (χ4n) is 1.97. The average molecular weight is 311 g/mol. The van der Waals surface area contributed by atoms with Crippen molar-refractivity contribution in [1.29, 1.82) is 0 Å². The average Bonchev–Trinajstić information content (AvgIpc) is 2.77. The van der Waals surface area contributed by atoms with E-state index in [0.29, 0.717) is 5.76 Å². The molecule has 0 fully saturated rings. The Morgan fingerprint density at radius 3 is 2.56 bits per heavy atom.